The lowest BCUT2D eigenvalue weighted by atomic mass is 10.1. The van der Waals surface area contributed by atoms with Gasteiger partial charge in [0.1, 0.15) is 11.4 Å². The van der Waals surface area contributed by atoms with Gasteiger partial charge in [-0.05, 0) is 37.3 Å². The van der Waals surface area contributed by atoms with Crippen molar-refractivity contribution in [2.75, 3.05) is 16.8 Å². The van der Waals surface area contributed by atoms with Crippen molar-refractivity contribution in [2.24, 2.45) is 0 Å². The van der Waals surface area contributed by atoms with Gasteiger partial charge in [0.25, 0.3) is 0 Å². The number of aromatic nitrogens is 1. The number of rotatable bonds is 3. The molecule has 20 heavy (non-hydrogen) atoms. The molecule has 0 spiro atoms. The molecule has 2 N–H and O–H groups in total. The number of pyridine rings is 1. The molecule has 1 aliphatic carbocycles. The van der Waals surface area contributed by atoms with Crippen LogP contribution in [0.2, 0.25) is 0 Å². The zero-order valence-electron chi connectivity index (χ0n) is 10.9. The van der Waals surface area contributed by atoms with Crippen LogP contribution < -0.4 is 5.32 Å². The molecule has 6 nitrogen and oxygen atoms in total. The summed E-state index contributed by atoms with van der Waals surface area (Å²) >= 11 is 0. The van der Waals surface area contributed by atoms with Gasteiger partial charge in [0.15, 0.2) is 9.84 Å². The lowest BCUT2D eigenvalue weighted by molar-refractivity contribution is 0.0697. The van der Waals surface area contributed by atoms with Crippen LogP contribution in [0.3, 0.4) is 0 Å². The van der Waals surface area contributed by atoms with Gasteiger partial charge in [-0.25, -0.2) is 18.2 Å². The Kier molecular flexibility index (Phi) is 3.16. The molecule has 2 aliphatic rings. The first-order valence-corrected chi connectivity index (χ1v) is 8.50. The Labute approximate surface area is 117 Å². The van der Waals surface area contributed by atoms with Gasteiger partial charge >= 0.3 is 5.97 Å². The summed E-state index contributed by atoms with van der Waals surface area (Å²) in [6.07, 6.45) is 3.20. The van der Waals surface area contributed by atoms with Crippen molar-refractivity contribution in [3.8, 4) is 0 Å². The van der Waals surface area contributed by atoms with E-state index < -0.39 is 15.8 Å². The summed E-state index contributed by atoms with van der Waals surface area (Å²) in [5.41, 5.74) is 2.06. The molecule has 1 aromatic heterocycles. The standard InChI is InChI=1S/C13H16N2O4S/c16-13(17)10-6-8-2-1-3-11(8)15-12(10)14-9-4-5-20(18,19)7-9/h6,9H,1-5,7H2,(H,14,15)(H,16,17). The van der Waals surface area contributed by atoms with Crippen molar-refractivity contribution >= 4 is 21.6 Å². The molecule has 1 fully saturated rings. The van der Waals surface area contributed by atoms with Crippen LogP contribution in [0.15, 0.2) is 6.07 Å². The third-order valence-electron chi connectivity index (χ3n) is 3.85. The minimum absolute atomic E-state index is 0.0465. The molecule has 0 radical (unpaired) electrons. The predicted molar refractivity (Wildman–Crippen MR) is 73.9 cm³/mol. The molecule has 2 heterocycles. The molecule has 1 unspecified atom stereocenters. The Balaban J connectivity index is 1.90. The maximum absolute atomic E-state index is 11.5. The van der Waals surface area contributed by atoms with Crippen LogP contribution in [0.5, 0.6) is 0 Å². The first-order valence-electron chi connectivity index (χ1n) is 6.68. The van der Waals surface area contributed by atoms with Crippen LogP contribution in [0.25, 0.3) is 0 Å². The van der Waals surface area contributed by atoms with E-state index in [0.29, 0.717) is 12.2 Å². The topological polar surface area (TPSA) is 96.4 Å². The van der Waals surface area contributed by atoms with E-state index in [0.717, 1.165) is 30.5 Å². The van der Waals surface area contributed by atoms with E-state index in [1.54, 1.807) is 6.07 Å². The van der Waals surface area contributed by atoms with Gasteiger partial charge in [0.05, 0.1) is 11.5 Å². The summed E-state index contributed by atoms with van der Waals surface area (Å²) in [7, 11) is -3.00. The Bertz CT molecular complexity index is 669. The lowest BCUT2D eigenvalue weighted by Gasteiger charge is -2.15. The number of sulfone groups is 1. The Hall–Kier alpha value is -1.63. The number of aromatic carboxylic acids is 1. The van der Waals surface area contributed by atoms with Crippen LogP contribution in [0, 0.1) is 0 Å². The van der Waals surface area contributed by atoms with Crippen molar-refractivity contribution in [2.45, 2.75) is 31.7 Å². The monoisotopic (exact) mass is 296 g/mol. The molecule has 108 valence electrons. The van der Waals surface area contributed by atoms with Gasteiger partial charge in [0, 0.05) is 11.7 Å². The maximum atomic E-state index is 11.5. The Morgan fingerprint density at radius 1 is 1.40 bits per heavy atom. The predicted octanol–water partition coefficient (Wildman–Crippen LogP) is 0.867. The summed E-state index contributed by atoms with van der Waals surface area (Å²) in [6.45, 7) is 0. The fourth-order valence-electron chi connectivity index (χ4n) is 2.85. The fraction of sp³-hybridized carbons (Fsp3) is 0.538. The second-order valence-corrected chi connectivity index (χ2v) is 7.62. The van der Waals surface area contributed by atoms with Gasteiger partial charge in [-0.2, -0.15) is 0 Å². The first kappa shape index (κ1) is 13.4. The highest BCUT2D eigenvalue weighted by Crippen LogP contribution is 2.27. The molecule has 0 aromatic carbocycles. The number of carbonyl (C=O) groups is 1. The van der Waals surface area contributed by atoms with Crippen molar-refractivity contribution in [1.29, 1.82) is 0 Å². The van der Waals surface area contributed by atoms with Crippen LogP contribution in [-0.2, 0) is 22.7 Å². The summed E-state index contributed by atoms with van der Waals surface area (Å²) in [4.78, 5) is 15.7. The minimum Gasteiger partial charge on any atom is -0.478 e. The zero-order chi connectivity index (χ0) is 14.3. The highest BCUT2D eigenvalue weighted by atomic mass is 32.2. The van der Waals surface area contributed by atoms with E-state index in [-0.39, 0.29) is 23.1 Å². The van der Waals surface area contributed by atoms with E-state index in [1.807, 2.05) is 0 Å². The first-order chi connectivity index (χ1) is 9.44. The van der Waals surface area contributed by atoms with Crippen molar-refractivity contribution < 1.29 is 18.3 Å². The molecular formula is C13H16N2O4S. The molecule has 1 aromatic rings. The second-order valence-electron chi connectivity index (χ2n) is 5.39. The SMILES string of the molecule is O=C(O)c1cc2c(nc1NC1CCS(=O)(=O)C1)CCC2. The van der Waals surface area contributed by atoms with Gasteiger partial charge in [-0.15, -0.1) is 0 Å². The summed E-state index contributed by atoms with van der Waals surface area (Å²) < 4.78 is 22.9. The lowest BCUT2D eigenvalue weighted by Crippen LogP contribution is -2.23. The van der Waals surface area contributed by atoms with Crippen molar-refractivity contribution in [3.05, 3.63) is 22.9 Å². The summed E-state index contributed by atoms with van der Waals surface area (Å²) in [6, 6.07) is 1.42. The molecule has 3 rings (SSSR count). The Morgan fingerprint density at radius 3 is 2.85 bits per heavy atom. The van der Waals surface area contributed by atoms with Crippen molar-refractivity contribution in [1.82, 2.24) is 4.98 Å². The summed E-state index contributed by atoms with van der Waals surface area (Å²) in [5.74, 6) is -0.529. The molecular weight excluding hydrogens is 280 g/mol. The zero-order valence-corrected chi connectivity index (χ0v) is 11.7. The molecule has 1 aliphatic heterocycles. The number of anilines is 1. The molecule has 0 bridgehead atoms. The van der Waals surface area contributed by atoms with E-state index in [9.17, 15) is 18.3 Å². The van der Waals surface area contributed by atoms with Gasteiger partial charge in [0.2, 0.25) is 0 Å². The van der Waals surface area contributed by atoms with Crippen LogP contribution in [0.4, 0.5) is 5.82 Å². The molecule has 0 amide bonds. The largest absolute Gasteiger partial charge is 0.478 e. The van der Waals surface area contributed by atoms with Gasteiger partial charge in [-0.3, -0.25) is 0 Å². The number of carboxylic acid groups (broad SMARTS) is 1. The smallest absolute Gasteiger partial charge is 0.339 e. The number of carboxylic acids is 1. The van der Waals surface area contributed by atoms with E-state index in [4.69, 9.17) is 0 Å². The average molecular weight is 296 g/mol. The second kappa shape index (κ2) is 4.73. The summed E-state index contributed by atoms with van der Waals surface area (Å²) in [5, 5.41) is 12.3. The molecule has 0 saturated carbocycles. The van der Waals surface area contributed by atoms with Crippen LogP contribution in [0.1, 0.15) is 34.5 Å². The third kappa shape index (κ3) is 2.49. The maximum Gasteiger partial charge on any atom is 0.339 e. The fourth-order valence-corrected chi connectivity index (χ4v) is 4.52. The van der Waals surface area contributed by atoms with E-state index in [2.05, 4.69) is 10.3 Å². The number of hydrogen-bond acceptors (Lipinski definition) is 5. The number of fused-ring (bicyclic) bond motifs is 1. The van der Waals surface area contributed by atoms with Crippen LogP contribution in [-0.4, -0.2) is 42.0 Å². The average Bonchev–Trinajstić information content (AvgIpc) is 2.94. The highest BCUT2D eigenvalue weighted by Gasteiger charge is 2.29. The molecule has 1 saturated heterocycles. The quantitative estimate of drug-likeness (QED) is 0.859. The third-order valence-corrected chi connectivity index (χ3v) is 5.62. The van der Waals surface area contributed by atoms with Crippen LogP contribution >= 0.6 is 0 Å². The number of nitrogens with one attached hydrogen (secondary N) is 1. The normalized spacial score (nSPS) is 23.5. The van der Waals surface area contributed by atoms with Gasteiger partial charge in [-0.1, -0.05) is 0 Å². The van der Waals surface area contributed by atoms with E-state index >= 15 is 0 Å². The van der Waals surface area contributed by atoms with E-state index in [1.165, 1.54) is 0 Å². The number of nitrogens with zero attached hydrogens (tertiary/aromatic N) is 1. The number of hydrogen-bond donors (Lipinski definition) is 2. The Morgan fingerprint density at radius 2 is 2.20 bits per heavy atom. The highest BCUT2D eigenvalue weighted by molar-refractivity contribution is 7.91. The molecule has 1 atom stereocenters. The molecule has 7 heteroatoms. The van der Waals surface area contributed by atoms with Gasteiger partial charge < -0.3 is 10.4 Å². The minimum atomic E-state index is -3.00. The van der Waals surface area contributed by atoms with Crippen molar-refractivity contribution in [3.63, 3.8) is 0 Å². The number of aryl methyl sites for hydroxylation is 2.